The Kier molecular flexibility index (Phi) is 4.55. The normalized spacial score (nSPS) is 15.6. The Balaban J connectivity index is 1.78. The zero-order valence-electron chi connectivity index (χ0n) is 14.9. The van der Waals surface area contributed by atoms with Crippen LogP contribution in [-0.4, -0.2) is 40.9 Å². The Hall–Kier alpha value is -2.90. The number of carboxylic acid groups (broad SMARTS) is 1. The molecule has 142 valence electrons. The van der Waals surface area contributed by atoms with E-state index in [-0.39, 0.29) is 5.75 Å². The fourth-order valence-electron chi connectivity index (χ4n) is 3.21. The molecule has 2 aromatic rings. The maximum absolute atomic E-state index is 14.5. The number of carbonyl (C=O) groups is 1. The summed E-state index contributed by atoms with van der Waals surface area (Å²) in [6, 6.07) is 2.90. The van der Waals surface area contributed by atoms with Crippen LogP contribution in [0.4, 0.5) is 15.0 Å². The number of nitrogens with zero attached hydrogens (tertiary/aromatic N) is 3. The number of fused-ring (bicyclic) bond motifs is 1. The van der Waals surface area contributed by atoms with Gasteiger partial charge in [-0.2, -0.15) is 0 Å². The molecule has 1 saturated carbocycles. The number of amides is 1. The molecule has 0 saturated heterocycles. The van der Waals surface area contributed by atoms with E-state index in [1.807, 2.05) is 0 Å². The van der Waals surface area contributed by atoms with Crippen molar-refractivity contribution >= 4 is 11.9 Å². The van der Waals surface area contributed by atoms with E-state index in [4.69, 9.17) is 9.47 Å². The third-order valence-electron chi connectivity index (χ3n) is 4.76. The first-order valence-electron chi connectivity index (χ1n) is 9.02. The van der Waals surface area contributed by atoms with Crippen LogP contribution in [0.25, 0.3) is 11.3 Å². The maximum atomic E-state index is 14.5. The van der Waals surface area contributed by atoms with Crippen molar-refractivity contribution in [3.8, 4) is 22.8 Å². The van der Waals surface area contributed by atoms with Gasteiger partial charge in [0.05, 0.1) is 18.9 Å². The number of hydrogen-bond donors (Lipinski definition) is 1. The molecule has 4 rings (SSSR count). The maximum Gasteiger partial charge on any atom is 0.413 e. The average molecular weight is 373 g/mol. The lowest BCUT2D eigenvalue weighted by Crippen LogP contribution is -2.27. The number of anilines is 1. The molecular formula is C19H20FN3O4. The molecule has 0 bridgehead atoms. The van der Waals surface area contributed by atoms with Gasteiger partial charge in [0, 0.05) is 23.7 Å². The van der Waals surface area contributed by atoms with E-state index in [0.717, 1.165) is 12.8 Å². The van der Waals surface area contributed by atoms with Crippen LogP contribution < -0.4 is 14.4 Å². The largest absolute Gasteiger partial charge is 0.492 e. The van der Waals surface area contributed by atoms with Gasteiger partial charge < -0.3 is 14.6 Å². The summed E-state index contributed by atoms with van der Waals surface area (Å²) in [5.74, 6) is 0.976. The van der Waals surface area contributed by atoms with E-state index in [1.165, 1.54) is 17.3 Å². The van der Waals surface area contributed by atoms with Gasteiger partial charge in [0.1, 0.15) is 17.9 Å². The van der Waals surface area contributed by atoms with E-state index >= 15 is 0 Å². The molecule has 2 aliphatic rings. The Labute approximate surface area is 155 Å². The number of benzene rings is 1. The van der Waals surface area contributed by atoms with Crippen LogP contribution in [0.5, 0.6) is 11.5 Å². The van der Waals surface area contributed by atoms with Gasteiger partial charge in [-0.05, 0) is 38.2 Å². The lowest BCUT2D eigenvalue weighted by molar-refractivity contribution is 0.202. The fraction of sp³-hybridized carbons (Fsp3) is 0.421. The molecule has 1 N–H and O–H groups in total. The number of ether oxygens (including phenoxy) is 2. The second-order valence-electron chi connectivity index (χ2n) is 6.67. The Bertz CT molecular complexity index is 885. The van der Waals surface area contributed by atoms with Gasteiger partial charge in [-0.3, -0.25) is 4.90 Å². The molecule has 0 spiro atoms. The van der Waals surface area contributed by atoms with Crippen molar-refractivity contribution in [2.45, 2.75) is 26.2 Å². The quantitative estimate of drug-likeness (QED) is 0.834. The third kappa shape index (κ3) is 3.39. The highest BCUT2D eigenvalue weighted by Gasteiger charge is 2.30. The molecular weight excluding hydrogens is 353 g/mol. The summed E-state index contributed by atoms with van der Waals surface area (Å²) < 4.78 is 25.9. The minimum absolute atomic E-state index is 0.130. The van der Waals surface area contributed by atoms with Crippen LogP contribution >= 0.6 is 0 Å². The van der Waals surface area contributed by atoms with Crippen molar-refractivity contribution in [2.75, 3.05) is 24.7 Å². The highest BCUT2D eigenvalue weighted by atomic mass is 19.1. The average Bonchev–Trinajstić information content (AvgIpc) is 3.37. The standard InChI is InChI=1S/C19H20FN3O4/c1-2-26-16-8-15(27-9-11-3-4-11)13(7-14(16)20)17-12-5-6-23(19(24)25)18(12)22-10-21-17/h7-8,10-11H,2-6,9H2,1H3,(H,24,25). The number of halogens is 1. The van der Waals surface area contributed by atoms with Crippen molar-refractivity contribution in [3.63, 3.8) is 0 Å². The molecule has 27 heavy (non-hydrogen) atoms. The second kappa shape index (κ2) is 7.02. The molecule has 2 heterocycles. The molecule has 0 radical (unpaired) electrons. The van der Waals surface area contributed by atoms with Crippen LogP contribution in [0, 0.1) is 11.7 Å². The molecule has 8 heteroatoms. The van der Waals surface area contributed by atoms with Gasteiger partial charge in [0.15, 0.2) is 11.6 Å². The molecule has 1 aromatic heterocycles. The molecule has 1 aromatic carbocycles. The monoisotopic (exact) mass is 373 g/mol. The molecule has 1 aliphatic heterocycles. The molecule has 0 unspecified atom stereocenters. The third-order valence-corrected chi connectivity index (χ3v) is 4.76. The van der Waals surface area contributed by atoms with Gasteiger partial charge in [-0.25, -0.2) is 19.2 Å². The smallest absolute Gasteiger partial charge is 0.413 e. The molecule has 1 amide bonds. The fourth-order valence-corrected chi connectivity index (χ4v) is 3.21. The SMILES string of the molecule is CCOc1cc(OCC2CC2)c(-c2ncnc3c2CCN3C(=O)O)cc1F. The van der Waals surface area contributed by atoms with Crippen LogP contribution in [0.15, 0.2) is 18.5 Å². The topological polar surface area (TPSA) is 84.8 Å². The number of hydrogen-bond acceptors (Lipinski definition) is 5. The summed E-state index contributed by atoms with van der Waals surface area (Å²) in [6.45, 7) is 2.98. The Morgan fingerprint density at radius 3 is 2.81 bits per heavy atom. The van der Waals surface area contributed by atoms with Crippen molar-refractivity contribution in [1.29, 1.82) is 0 Å². The van der Waals surface area contributed by atoms with Crippen molar-refractivity contribution in [2.24, 2.45) is 5.92 Å². The van der Waals surface area contributed by atoms with Crippen molar-refractivity contribution in [1.82, 2.24) is 9.97 Å². The van der Waals surface area contributed by atoms with E-state index < -0.39 is 11.9 Å². The first-order chi connectivity index (χ1) is 13.1. The lowest BCUT2D eigenvalue weighted by Gasteiger charge is -2.16. The van der Waals surface area contributed by atoms with Gasteiger partial charge in [0.2, 0.25) is 0 Å². The summed E-state index contributed by atoms with van der Waals surface area (Å²) in [7, 11) is 0. The minimum atomic E-state index is -1.07. The first-order valence-corrected chi connectivity index (χ1v) is 9.02. The predicted octanol–water partition coefficient (Wildman–Crippen LogP) is 3.51. The Morgan fingerprint density at radius 1 is 1.30 bits per heavy atom. The predicted molar refractivity (Wildman–Crippen MR) is 95.9 cm³/mol. The van der Waals surface area contributed by atoms with E-state index in [1.54, 1.807) is 13.0 Å². The lowest BCUT2D eigenvalue weighted by atomic mass is 10.0. The van der Waals surface area contributed by atoms with Crippen LogP contribution in [-0.2, 0) is 6.42 Å². The van der Waals surface area contributed by atoms with E-state index in [2.05, 4.69) is 9.97 Å². The van der Waals surface area contributed by atoms with Crippen molar-refractivity contribution in [3.05, 3.63) is 29.8 Å². The van der Waals surface area contributed by atoms with Gasteiger partial charge in [0.25, 0.3) is 0 Å². The van der Waals surface area contributed by atoms with Gasteiger partial charge in [-0.15, -0.1) is 0 Å². The van der Waals surface area contributed by atoms with Crippen LogP contribution in [0.1, 0.15) is 25.3 Å². The number of aromatic nitrogens is 2. The van der Waals surface area contributed by atoms with Crippen LogP contribution in [0.3, 0.4) is 0 Å². The van der Waals surface area contributed by atoms with Gasteiger partial charge >= 0.3 is 6.09 Å². The van der Waals surface area contributed by atoms with Crippen molar-refractivity contribution < 1.29 is 23.8 Å². The molecule has 7 nitrogen and oxygen atoms in total. The first kappa shape index (κ1) is 17.5. The Morgan fingerprint density at radius 2 is 2.11 bits per heavy atom. The molecule has 1 fully saturated rings. The zero-order chi connectivity index (χ0) is 19.0. The second-order valence-corrected chi connectivity index (χ2v) is 6.67. The number of rotatable bonds is 6. The molecule has 0 atom stereocenters. The highest BCUT2D eigenvalue weighted by Crippen LogP contribution is 2.41. The highest BCUT2D eigenvalue weighted by molar-refractivity contribution is 5.89. The zero-order valence-corrected chi connectivity index (χ0v) is 14.9. The van der Waals surface area contributed by atoms with Crippen LogP contribution in [0.2, 0.25) is 0 Å². The molecule has 1 aliphatic carbocycles. The van der Waals surface area contributed by atoms with E-state index in [0.29, 0.717) is 60.5 Å². The minimum Gasteiger partial charge on any atom is -0.492 e. The summed E-state index contributed by atoms with van der Waals surface area (Å²) in [4.78, 5) is 21.0. The summed E-state index contributed by atoms with van der Waals surface area (Å²) >= 11 is 0. The van der Waals surface area contributed by atoms with Gasteiger partial charge in [-0.1, -0.05) is 0 Å². The van der Waals surface area contributed by atoms with E-state index in [9.17, 15) is 14.3 Å². The summed E-state index contributed by atoms with van der Waals surface area (Å²) in [5, 5.41) is 9.33. The summed E-state index contributed by atoms with van der Waals surface area (Å²) in [6.07, 6.45) is 2.96. The summed E-state index contributed by atoms with van der Waals surface area (Å²) in [5.41, 5.74) is 1.67.